The minimum Gasteiger partial charge on any atom is -0.465 e. The van der Waals surface area contributed by atoms with E-state index >= 15 is 0 Å². The van der Waals surface area contributed by atoms with Gasteiger partial charge in [-0.15, -0.1) is 0 Å². The molecule has 0 aliphatic heterocycles. The van der Waals surface area contributed by atoms with Gasteiger partial charge in [0, 0.05) is 0 Å². The molecule has 0 atom stereocenters. The van der Waals surface area contributed by atoms with E-state index in [0.29, 0.717) is 18.4 Å². The van der Waals surface area contributed by atoms with Crippen LogP contribution >= 0.6 is 0 Å². The lowest BCUT2D eigenvalue weighted by atomic mass is 9.78. The number of halogens is 1. The number of benzene rings is 1. The molecule has 1 aromatic rings. The third-order valence-corrected chi connectivity index (χ3v) is 3.64. The molecule has 114 valence electrons. The van der Waals surface area contributed by atoms with E-state index in [4.69, 9.17) is 4.74 Å². The Morgan fingerprint density at radius 3 is 2.19 bits per heavy atom. The van der Waals surface area contributed by atoms with E-state index in [1.54, 1.807) is 39.0 Å². The van der Waals surface area contributed by atoms with Crippen molar-refractivity contribution < 1.29 is 18.7 Å². The summed E-state index contributed by atoms with van der Waals surface area (Å²) in [6, 6.07) is 5.79. The van der Waals surface area contributed by atoms with Crippen LogP contribution in [0.5, 0.6) is 0 Å². The standard InChI is InChI=1S/C17H21FO3/c1-4-17(5-2,16(20)21-6-3)15(19)12-9-13-7-10-14(18)11-8-13/h7-12H,4-6H2,1-3H3/b12-9+. The fraction of sp³-hybridized carbons (Fsp3) is 0.412. The minimum atomic E-state index is -1.13. The van der Waals surface area contributed by atoms with E-state index in [0.717, 1.165) is 0 Å². The topological polar surface area (TPSA) is 43.4 Å². The molecule has 0 radical (unpaired) electrons. The Labute approximate surface area is 124 Å². The monoisotopic (exact) mass is 292 g/mol. The number of carbonyl (C=O) groups is 2. The maximum Gasteiger partial charge on any atom is 0.319 e. The molecule has 0 aliphatic carbocycles. The van der Waals surface area contributed by atoms with Crippen molar-refractivity contribution in [2.45, 2.75) is 33.6 Å². The Morgan fingerprint density at radius 2 is 1.71 bits per heavy atom. The molecule has 0 aromatic heterocycles. The summed E-state index contributed by atoms with van der Waals surface area (Å²) in [4.78, 5) is 24.5. The molecule has 0 spiro atoms. The van der Waals surface area contributed by atoms with Crippen molar-refractivity contribution in [1.82, 2.24) is 0 Å². The Balaban J connectivity index is 2.96. The van der Waals surface area contributed by atoms with Crippen molar-refractivity contribution in [1.29, 1.82) is 0 Å². The van der Waals surface area contributed by atoms with Gasteiger partial charge in [-0.3, -0.25) is 9.59 Å². The van der Waals surface area contributed by atoms with Crippen LogP contribution in [0.15, 0.2) is 30.3 Å². The van der Waals surface area contributed by atoms with Crippen LogP contribution < -0.4 is 0 Å². The van der Waals surface area contributed by atoms with E-state index in [-0.39, 0.29) is 18.2 Å². The van der Waals surface area contributed by atoms with Gasteiger partial charge in [0.15, 0.2) is 5.78 Å². The molecule has 3 nitrogen and oxygen atoms in total. The second kappa shape index (κ2) is 7.72. The summed E-state index contributed by atoms with van der Waals surface area (Å²) in [6.45, 7) is 5.55. The Kier molecular flexibility index (Phi) is 6.28. The number of rotatable bonds is 7. The summed E-state index contributed by atoms with van der Waals surface area (Å²) in [5, 5.41) is 0. The molecule has 0 amide bonds. The zero-order valence-electron chi connectivity index (χ0n) is 12.7. The van der Waals surface area contributed by atoms with Crippen LogP contribution in [-0.2, 0) is 14.3 Å². The van der Waals surface area contributed by atoms with E-state index in [1.165, 1.54) is 18.2 Å². The van der Waals surface area contributed by atoms with Crippen molar-refractivity contribution >= 4 is 17.8 Å². The highest BCUT2D eigenvalue weighted by Crippen LogP contribution is 2.30. The van der Waals surface area contributed by atoms with Crippen molar-refractivity contribution in [2.75, 3.05) is 6.61 Å². The molecule has 0 saturated heterocycles. The third kappa shape index (κ3) is 4.00. The number of allylic oxidation sites excluding steroid dienone is 1. The average Bonchev–Trinajstić information content (AvgIpc) is 2.49. The van der Waals surface area contributed by atoms with Gasteiger partial charge in [0.1, 0.15) is 11.2 Å². The van der Waals surface area contributed by atoms with E-state index in [9.17, 15) is 14.0 Å². The number of carbonyl (C=O) groups excluding carboxylic acids is 2. The molecule has 4 heteroatoms. The summed E-state index contributed by atoms with van der Waals surface area (Å²) in [5.74, 6) is -1.10. The molecule has 0 N–H and O–H groups in total. The Morgan fingerprint density at radius 1 is 1.14 bits per heavy atom. The number of ether oxygens (including phenoxy) is 1. The zero-order valence-corrected chi connectivity index (χ0v) is 12.7. The summed E-state index contributed by atoms with van der Waals surface area (Å²) >= 11 is 0. The van der Waals surface area contributed by atoms with Crippen molar-refractivity contribution in [3.05, 3.63) is 41.7 Å². The van der Waals surface area contributed by atoms with Gasteiger partial charge in [-0.1, -0.05) is 32.1 Å². The lowest BCUT2D eigenvalue weighted by Crippen LogP contribution is -2.38. The number of ketones is 1. The summed E-state index contributed by atoms with van der Waals surface area (Å²) in [7, 11) is 0. The lowest BCUT2D eigenvalue weighted by Gasteiger charge is -2.26. The first-order valence-electron chi connectivity index (χ1n) is 7.15. The quantitative estimate of drug-likeness (QED) is 0.436. The van der Waals surface area contributed by atoms with Gasteiger partial charge in [-0.25, -0.2) is 4.39 Å². The van der Waals surface area contributed by atoms with Gasteiger partial charge in [0.2, 0.25) is 0 Å². The molecule has 1 rings (SSSR count). The second-order valence-electron chi connectivity index (χ2n) is 4.76. The summed E-state index contributed by atoms with van der Waals surface area (Å²) in [5.41, 5.74) is -0.429. The first kappa shape index (κ1) is 17.1. The summed E-state index contributed by atoms with van der Waals surface area (Å²) in [6.07, 6.45) is 3.72. The molecular formula is C17H21FO3. The first-order chi connectivity index (χ1) is 10.00. The Hall–Kier alpha value is -1.97. The van der Waals surface area contributed by atoms with Gasteiger partial charge in [-0.2, -0.15) is 0 Å². The van der Waals surface area contributed by atoms with Crippen LogP contribution in [0.3, 0.4) is 0 Å². The lowest BCUT2D eigenvalue weighted by molar-refractivity contribution is -0.159. The van der Waals surface area contributed by atoms with Gasteiger partial charge >= 0.3 is 5.97 Å². The van der Waals surface area contributed by atoms with Crippen molar-refractivity contribution in [3.8, 4) is 0 Å². The van der Waals surface area contributed by atoms with Crippen LogP contribution in [0, 0.1) is 11.2 Å². The SMILES string of the molecule is CCOC(=O)C(CC)(CC)C(=O)/C=C/c1ccc(F)cc1. The molecule has 21 heavy (non-hydrogen) atoms. The number of hydrogen-bond acceptors (Lipinski definition) is 3. The smallest absolute Gasteiger partial charge is 0.319 e. The molecule has 0 heterocycles. The minimum absolute atomic E-state index is 0.246. The zero-order chi connectivity index (χ0) is 15.9. The van der Waals surface area contributed by atoms with E-state index < -0.39 is 11.4 Å². The van der Waals surface area contributed by atoms with Crippen LogP contribution in [-0.4, -0.2) is 18.4 Å². The van der Waals surface area contributed by atoms with Gasteiger partial charge in [0.25, 0.3) is 0 Å². The maximum absolute atomic E-state index is 12.8. The largest absolute Gasteiger partial charge is 0.465 e. The highest BCUT2D eigenvalue weighted by molar-refractivity contribution is 6.10. The fourth-order valence-corrected chi connectivity index (χ4v) is 2.16. The molecule has 0 saturated carbocycles. The van der Waals surface area contributed by atoms with E-state index in [1.807, 2.05) is 0 Å². The number of esters is 1. The predicted molar refractivity (Wildman–Crippen MR) is 80.1 cm³/mol. The molecule has 0 aliphatic rings. The summed E-state index contributed by atoms with van der Waals surface area (Å²) < 4.78 is 17.9. The van der Waals surface area contributed by atoms with Crippen LogP contribution in [0.1, 0.15) is 39.2 Å². The second-order valence-corrected chi connectivity index (χ2v) is 4.76. The molecular weight excluding hydrogens is 271 g/mol. The first-order valence-corrected chi connectivity index (χ1v) is 7.15. The fourth-order valence-electron chi connectivity index (χ4n) is 2.16. The average molecular weight is 292 g/mol. The predicted octanol–water partition coefficient (Wildman–Crippen LogP) is 3.78. The molecule has 1 aromatic carbocycles. The van der Waals surface area contributed by atoms with Gasteiger partial charge in [0.05, 0.1) is 6.61 Å². The van der Waals surface area contributed by atoms with Crippen LogP contribution in [0.25, 0.3) is 6.08 Å². The van der Waals surface area contributed by atoms with Crippen LogP contribution in [0.4, 0.5) is 4.39 Å². The Bertz CT molecular complexity index is 513. The molecule has 0 unspecified atom stereocenters. The van der Waals surface area contributed by atoms with Crippen molar-refractivity contribution in [2.24, 2.45) is 5.41 Å². The van der Waals surface area contributed by atoms with Gasteiger partial charge in [-0.05, 0) is 43.5 Å². The maximum atomic E-state index is 12.8. The molecule has 0 bridgehead atoms. The van der Waals surface area contributed by atoms with E-state index in [2.05, 4.69) is 0 Å². The number of hydrogen-bond donors (Lipinski definition) is 0. The highest BCUT2D eigenvalue weighted by atomic mass is 19.1. The third-order valence-electron chi connectivity index (χ3n) is 3.64. The van der Waals surface area contributed by atoms with Crippen LogP contribution in [0.2, 0.25) is 0 Å². The highest BCUT2D eigenvalue weighted by Gasteiger charge is 2.42. The normalized spacial score (nSPS) is 11.6. The van der Waals surface area contributed by atoms with Crippen molar-refractivity contribution in [3.63, 3.8) is 0 Å². The van der Waals surface area contributed by atoms with Gasteiger partial charge < -0.3 is 4.74 Å². The molecule has 0 fully saturated rings.